The van der Waals surface area contributed by atoms with E-state index in [9.17, 15) is 9.59 Å². The van der Waals surface area contributed by atoms with Gasteiger partial charge in [0, 0.05) is 29.3 Å². The number of hydrogen-bond donors (Lipinski definition) is 1. The molecule has 5 nitrogen and oxygen atoms in total. The van der Waals surface area contributed by atoms with Gasteiger partial charge in [0.2, 0.25) is 17.7 Å². The van der Waals surface area contributed by atoms with Gasteiger partial charge in [-0.1, -0.05) is 18.2 Å². The number of carbonyl (C=O) groups is 2. The summed E-state index contributed by atoms with van der Waals surface area (Å²) in [4.78, 5) is 24.3. The van der Waals surface area contributed by atoms with Crippen LogP contribution in [0.25, 0.3) is 5.69 Å². The van der Waals surface area contributed by atoms with Gasteiger partial charge in [-0.2, -0.15) is 0 Å². The van der Waals surface area contributed by atoms with Crippen LogP contribution in [0.3, 0.4) is 0 Å². The Morgan fingerprint density at radius 2 is 1.92 bits per heavy atom. The Labute approximate surface area is 139 Å². The maximum Gasteiger partial charge on any atom is 0.233 e. The van der Waals surface area contributed by atoms with Crippen LogP contribution in [0.4, 0.5) is 0 Å². The van der Waals surface area contributed by atoms with Crippen LogP contribution >= 0.6 is 0 Å². The van der Waals surface area contributed by atoms with E-state index in [4.69, 9.17) is 4.74 Å². The maximum atomic E-state index is 12.6. The van der Waals surface area contributed by atoms with Crippen molar-refractivity contribution in [3.05, 3.63) is 48.2 Å². The Balaban J connectivity index is 1.56. The number of nitrogens with one attached hydrogen (secondary N) is 1. The second kappa shape index (κ2) is 4.72. The zero-order valence-corrected chi connectivity index (χ0v) is 13.2. The molecule has 24 heavy (non-hydrogen) atoms. The zero-order valence-electron chi connectivity index (χ0n) is 13.2. The van der Waals surface area contributed by atoms with E-state index in [0.717, 1.165) is 23.6 Å². The molecule has 3 aliphatic heterocycles. The summed E-state index contributed by atoms with van der Waals surface area (Å²) in [6, 6.07) is 12.1. The van der Waals surface area contributed by atoms with Crippen LogP contribution in [-0.2, 0) is 9.59 Å². The third-order valence-corrected chi connectivity index (χ3v) is 5.87. The predicted octanol–water partition coefficient (Wildman–Crippen LogP) is 2.40. The fraction of sp³-hybridized carbons (Fsp3) is 0.368. The predicted molar refractivity (Wildman–Crippen MR) is 86.9 cm³/mol. The number of carbonyl (C=O) groups excluding carboxylic acids is 2. The average molecular weight is 322 g/mol. The van der Waals surface area contributed by atoms with Crippen LogP contribution in [0.5, 0.6) is 5.88 Å². The third-order valence-electron chi connectivity index (χ3n) is 5.87. The quantitative estimate of drug-likeness (QED) is 0.864. The Bertz CT molecular complexity index is 834. The van der Waals surface area contributed by atoms with Crippen LogP contribution in [0, 0.1) is 11.3 Å². The molecule has 2 aromatic rings. The van der Waals surface area contributed by atoms with Gasteiger partial charge in [-0.25, -0.2) is 0 Å². The standard InChI is InChI=1S/C19H18N2O3/c22-16-12-10-19(11-12,18(23)20-16)15-7-9-24-17-14(15)6-8-21(17)13-4-2-1-3-5-13/h1-6,8,12,15H,7,9-11H2,(H,20,22,23). The molecule has 1 unspecified atom stereocenters. The normalized spacial score (nSPS) is 30.8. The molecule has 1 aromatic heterocycles. The molecule has 122 valence electrons. The lowest BCUT2D eigenvalue weighted by Crippen LogP contribution is -2.64. The Hall–Kier alpha value is -2.56. The second-order valence-electron chi connectivity index (χ2n) is 7.05. The number of benzene rings is 1. The molecule has 4 heterocycles. The van der Waals surface area contributed by atoms with Crippen molar-refractivity contribution in [3.8, 4) is 11.6 Å². The molecule has 1 atom stereocenters. The van der Waals surface area contributed by atoms with Crippen molar-refractivity contribution in [3.63, 3.8) is 0 Å². The summed E-state index contributed by atoms with van der Waals surface area (Å²) >= 11 is 0. The molecule has 6 rings (SSSR count). The number of nitrogens with zero attached hydrogens (tertiary/aromatic N) is 1. The fourth-order valence-electron chi connectivity index (χ4n) is 4.62. The van der Waals surface area contributed by atoms with E-state index in [1.165, 1.54) is 0 Å². The minimum absolute atomic E-state index is 0.00482. The summed E-state index contributed by atoms with van der Waals surface area (Å²) in [5.74, 6) is 0.761. The number of ether oxygens (including phenoxy) is 1. The van der Waals surface area contributed by atoms with Crippen LogP contribution in [0.2, 0.25) is 0 Å². The molecule has 0 spiro atoms. The zero-order chi connectivity index (χ0) is 16.3. The first-order valence-corrected chi connectivity index (χ1v) is 8.44. The summed E-state index contributed by atoms with van der Waals surface area (Å²) in [7, 11) is 0. The highest BCUT2D eigenvalue weighted by Gasteiger charge is 2.62. The topological polar surface area (TPSA) is 60.3 Å². The number of fused-ring (bicyclic) bond motifs is 3. The van der Waals surface area contributed by atoms with Gasteiger partial charge in [0.25, 0.3) is 0 Å². The lowest BCUT2D eigenvalue weighted by atomic mass is 9.51. The molecule has 2 bridgehead atoms. The number of imide groups is 1. The van der Waals surface area contributed by atoms with Crippen molar-refractivity contribution < 1.29 is 14.3 Å². The van der Waals surface area contributed by atoms with Gasteiger partial charge in [-0.15, -0.1) is 0 Å². The largest absolute Gasteiger partial charge is 0.478 e. The van der Waals surface area contributed by atoms with Crippen molar-refractivity contribution in [2.45, 2.75) is 25.2 Å². The van der Waals surface area contributed by atoms with Crippen molar-refractivity contribution in [2.24, 2.45) is 11.3 Å². The van der Waals surface area contributed by atoms with E-state index >= 15 is 0 Å². The highest BCUT2D eigenvalue weighted by molar-refractivity contribution is 6.05. The minimum Gasteiger partial charge on any atom is -0.478 e. The van der Waals surface area contributed by atoms with Gasteiger partial charge in [0.1, 0.15) is 0 Å². The van der Waals surface area contributed by atoms with E-state index in [0.29, 0.717) is 19.4 Å². The average Bonchev–Trinajstić information content (AvgIpc) is 2.98. The summed E-state index contributed by atoms with van der Waals surface area (Å²) in [6.45, 7) is 0.599. The fourth-order valence-corrected chi connectivity index (χ4v) is 4.62. The number of rotatable bonds is 2. The molecule has 1 aromatic carbocycles. The van der Waals surface area contributed by atoms with Gasteiger partial charge in [0.15, 0.2) is 0 Å². The Morgan fingerprint density at radius 3 is 2.67 bits per heavy atom. The summed E-state index contributed by atoms with van der Waals surface area (Å²) in [5.41, 5.74) is 1.71. The number of piperidine rings is 2. The third kappa shape index (κ3) is 1.70. The Kier molecular flexibility index (Phi) is 2.72. The van der Waals surface area contributed by atoms with Gasteiger partial charge < -0.3 is 4.74 Å². The molecular formula is C19H18N2O3. The van der Waals surface area contributed by atoms with Crippen LogP contribution in [0.1, 0.15) is 30.7 Å². The number of para-hydroxylation sites is 1. The molecule has 2 amide bonds. The molecule has 1 saturated carbocycles. The first-order valence-electron chi connectivity index (χ1n) is 8.44. The van der Waals surface area contributed by atoms with Crippen molar-refractivity contribution in [1.82, 2.24) is 9.88 Å². The summed E-state index contributed by atoms with van der Waals surface area (Å²) in [5, 5.41) is 2.56. The SMILES string of the molecule is O=C1NC(=O)C2(C3CCOc4c3ccn4-c3ccccc3)CC1C2. The van der Waals surface area contributed by atoms with Crippen LogP contribution in [-0.4, -0.2) is 23.0 Å². The van der Waals surface area contributed by atoms with E-state index in [1.807, 2.05) is 41.1 Å². The van der Waals surface area contributed by atoms with Crippen LogP contribution < -0.4 is 10.1 Å². The van der Waals surface area contributed by atoms with E-state index in [2.05, 4.69) is 11.4 Å². The first-order chi connectivity index (χ1) is 11.7. The molecule has 2 saturated heterocycles. The smallest absolute Gasteiger partial charge is 0.233 e. The van der Waals surface area contributed by atoms with Crippen molar-refractivity contribution >= 4 is 11.8 Å². The van der Waals surface area contributed by atoms with Gasteiger partial charge in [-0.3, -0.25) is 19.5 Å². The highest BCUT2D eigenvalue weighted by atomic mass is 16.5. The minimum atomic E-state index is -0.431. The molecule has 1 N–H and O–H groups in total. The monoisotopic (exact) mass is 322 g/mol. The van der Waals surface area contributed by atoms with E-state index in [1.54, 1.807) is 0 Å². The lowest BCUT2D eigenvalue weighted by molar-refractivity contribution is -0.162. The van der Waals surface area contributed by atoms with Gasteiger partial charge >= 0.3 is 0 Å². The van der Waals surface area contributed by atoms with E-state index in [-0.39, 0.29) is 23.7 Å². The van der Waals surface area contributed by atoms with Crippen LogP contribution in [0.15, 0.2) is 42.6 Å². The first kappa shape index (κ1) is 13.8. The molecule has 5 heteroatoms. The number of hydrogen-bond acceptors (Lipinski definition) is 3. The maximum absolute atomic E-state index is 12.6. The second-order valence-corrected chi connectivity index (χ2v) is 7.05. The Morgan fingerprint density at radius 1 is 1.12 bits per heavy atom. The molecular weight excluding hydrogens is 304 g/mol. The lowest BCUT2D eigenvalue weighted by Gasteiger charge is -2.54. The summed E-state index contributed by atoms with van der Waals surface area (Å²) in [6.07, 6.45) is 4.19. The number of amides is 2. The molecule has 4 aliphatic rings. The van der Waals surface area contributed by atoms with Crippen molar-refractivity contribution in [1.29, 1.82) is 0 Å². The summed E-state index contributed by atoms with van der Waals surface area (Å²) < 4.78 is 7.99. The number of aromatic nitrogens is 1. The van der Waals surface area contributed by atoms with Gasteiger partial charge in [0.05, 0.1) is 12.0 Å². The molecule has 1 aliphatic carbocycles. The highest BCUT2D eigenvalue weighted by Crippen LogP contribution is 2.60. The van der Waals surface area contributed by atoms with Gasteiger partial charge in [-0.05, 0) is 37.5 Å². The molecule has 0 radical (unpaired) electrons. The molecule has 3 fully saturated rings. The van der Waals surface area contributed by atoms with Crippen molar-refractivity contribution in [2.75, 3.05) is 6.61 Å². The van der Waals surface area contributed by atoms with E-state index < -0.39 is 5.41 Å².